The number of nitrogens with one attached hydrogen (secondary N) is 2. The number of halogens is 1. The van der Waals surface area contributed by atoms with Gasteiger partial charge in [-0.3, -0.25) is 14.4 Å². The Balaban J connectivity index is 1.90. The average molecular weight is 422 g/mol. The number of methoxy groups -OCH3 is 1. The highest BCUT2D eigenvalue weighted by atomic mass is 19.1. The van der Waals surface area contributed by atoms with Gasteiger partial charge in [0, 0.05) is 6.42 Å². The molecule has 0 saturated carbocycles. The Morgan fingerprint density at radius 2 is 1.68 bits per heavy atom. The second kappa shape index (κ2) is 10.3. The molecular weight excluding hydrogens is 399 g/mol. The van der Waals surface area contributed by atoms with Gasteiger partial charge in [-0.25, -0.2) is 4.39 Å². The Bertz CT molecular complexity index is 1090. The molecular formula is C24H23FN2O4. The molecule has 0 saturated heterocycles. The molecule has 1 atom stereocenters. The molecule has 7 heteroatoms. The van der Waals surface area contributed by atoms with E-state index in [1.165, 1.54) is 7.11 Å². The molecule has 0 aliphatic rings. The van der Waals surface area contributed by atoms with Gasteiger partial charge in [-0.2, -0.15) is 0 Å². The van der Waals surface area contributed by atoms with Crippen LogP contribution in [-0.2, 0) is 16.0 Å². The van der Waals surface area contributed by atoms with Crippen molar-refractivity contribution in [1.82, 2.24) is 10.6 Å². The van der Waals surface area contributed by atoms with E-state index in [0.717, 1.165) is 10.9 Å². The molecule has 3 aromatic rings. The lowest BCUT2D eigenvalue weighted by atomic mass is 10.0. The number of ether oxygens (including phenoxy) is 1. The van der Waals surface area contributed by atoms with E-state index in [1.807, 2.05) is 54.6 Å². The smallest absolute Gasteiger partial charge is 0.256 e. The number of hydrogen-bond acceptors (Lipinski definition) is 4. The number of fused-ring (bicyclic) bond motifs is 1. The first-order valence-corrected chi connectivity index (χ1v) is 9.79. The van der Waals surface area contributed by atoms with E-state index < -0.39 is 36.9 Å². The summed E-state index contributed by atoms with van der Waals surface area (Å²) in [6.07, 6.45) is 0.204. The molecule has 6 nitrogen and oxygen atoms in total. The Labute approximate surface area is 179 Å². The molecule has 0 fully saturated rings. The van der Waals surface area contributed by atoms with Crippen molar-refractivity contribution in [3.63, 3.8) is 0 Å². The van der Waals surface area contributed by atoms with Crippen molar-refractivity contribution in [2.24, 2.45) is 0 Å². The molecule has 160 valence electrons. The van der Waals surface area contributed by atoms with Crippen molar-refractivity contribution in [3.05, 3.63) is 77.9 Å². The molecule has 0 aliphatic carbocycles. The fourth-order valence-electron chi connectivity index (χ4n) is 3.30. The lowest BCUT2D eigenvalue weighted by Gasteiger charge is -2.20. The van der Waals surface area contributed by atoms with Crippen molar-refractivity contribution in [1.29, 1.82) is 0 Å². The normalized spacial score (nSPS) is 11.5. The molecule has 0 bridgehead atoms. The van der Waals surface area contributed by atoms with Crippen molar-refractivity contribution < 1.29 is 23.5 Å². The average Bonchev–Trinajstić information content (AvgIpc) is 2.81. The Hall–Kier alpha value is -3.74. The van der Waals surface area contributed by atoms with Crippen LogP contribution >= 0.6 is 0 Å². The summed E-state index contributed by atoms with van der Waals surface area (Å²) in [5, 5.41) is 6.69. The monoisotopic (exact) mass is 422 g/mol. The van der Waals surface area contributed by atoms with E-state index in [4.69, 9.17) is 4.74 Å². The van der Waals surface area contributed by atoms with Crippen LogP contribution in [-0.4, -0.2) is 44.0 Å². The third-order valence-electron chi connectivity index (χ3n) is 4.85. The van der Waals surface area contributed by atoms with E-state index in [9.17, 15) is 18.8 Å². The first-order chi connectivity index (χ1) is 15.0. The van der Waals surface area contributed by atoms with Crippen molar-refractivity contribution in [2.75, 3.05) is 20.3 Å². The largest absolute Gasteiger partial charge is 0.496 e. The third-order valence-corrected chi connectivity index (χ3v) is 4.85. The number of Topliss-reactive ketones (excluding diaryl/α,β-unsaturated/α-hetero) is 1. The van der Waals surface area contributed by atoms with Crippen LogP contribution in [0.4, 0.5) is 4.39 Å². The van der Waals surface area contributed by atoms with Gasteiger partial charge in [0.2, 0.25) is 5.91 Å². The fourth-order valence-corrected chi connectivity index (χ4v) is 3.30. The summed E-state index contributed by atoms with van der Waals surface area (Å²) in [5.41, 5.74) is 1.14. The highest BCUT2D eigenvalue weighted by Gasteiger charge is 2.25. The first kappa shape index (κ1) is 22.0. The molecule has 3 rings (SSSR count). The Kier molecular flexibility index (Phi) is 7.32. The number of alkyl halides is 1. The Morgan fingerprint density at radius 1 is 0.968 bits per heavy atom. The van der Waals surface area contributed by atoms with Crippen LogP contribution in [0.3, 0.4) is 0 Å². The highest BCUT2D eigenvalue weighted by Crippen LogP contribution is 2.28. The van der Waals surface area contributed by atoms with Crippen LogP contribution in [0.1, 0.15) is 15.9 Å². The van der Waals surface area contributed by atoms with Gasteiger partial charge in [0.15, 0.2) is 5.78 Å². The maximum absolute atomic E-state index is 13.2. The second-order valence-electron chi connectivity index (χ2n) is 6.97. The maximum Gasteiger partial charge on any atom is 0.256 e. The van der Waals surface area contributed by atoms with Crippen molar-refractivity contribution in [3.8, 4) is 5.75 Å². The zero-order chi connectivity index (χ0) is 22.2. The summed E-state index contributed by atoms with van der Waals surface area (Å²) < 4.78 is 17.8. The summed E-state index contributed by atoms with van der Waals surface area (Å²) >= 11 is 0. The van der Waals surface area contributed by atoms with Gasteiger partial charge >= 0.3 is 0 Å². The lowest BCUT2D eigenvalue weighted by molar-refractivity contribution is -0.126. The van der Waals surface area contributed by atoms with Crippen molar-refractivity contribution in [2.45, 2.75) is 12.5 Å². The number of benzene rings is 3. The molecule has 0 spiro atoms. The van der Waals surface area contributed by atoms with E-state index in [-0.39, 0.29) is 6.42 Å². The van der Waals surface area contributed by atoms with Gasteiger partial charge in [-0.05, 0) is 22.4 Å². The van der Waals surface area contributed by atoms with Crippen LogP contribution in [0.25, 0.3) is 10.8 Å². The standard InChI is InChI=1S/C24H23FN2O4/c1-31-21-12-11-17-9-5-6-10-19(17)22(21)24(30)27-20(13-16-7-3-2-4-8-16)23(29)26-15-18(28)14-25/h2-12,20H,13-15H2,1H3,(H,26,29)(H,27,30)/t20-/m0/s1. The summed E-state index contributed by atoms with van der Waals surface area (Å²) in [4.78, 5) is 37.2. The highest BCUT2D eigenvalue weighted by molar-refractivity contribution is 6.10. The van der Waals surface area contributed by atoms with E-state index >= 15 is 0 Å². The molecule has 0 aromatic heterocycles. The quantitative estimate of drug-likeness (QED) is 0.555. The van der Waals surface area contributed by atoms with Gasteiger partial charge in [-0.1, -0.05) is 60.7 Å². The van der Waals surface area contributed by atoms with E-state index in [2.05, 4.69) is 10.6 Å². The van der Waals surface area contributed by atoms with Gasteiger partial charge < -0.3 is 15.4 Å². The predicted molar refractivity (Wildman–Crippen MR) is 116 cm³/mol. The van der Waals surface area contributed by atoms with Crippen LogP contribution < -0.4 is 15.4 Å². The molecule has 0 unspecified atom stereocenters. The minimum atomic E-state index is -1.16. The molecule has 3 aromatic carbocycles. The van der Waals surface area contributed by atoms with Crippen LogP contribution in [0.15, 0.2) is 66.7 Å². The van der Waals surface area contributed by atoms with Gasteiger partial charge in [0.05, 0.1) is 19.2 Å². The van der Waals surface area contributed by atoms with Gasteiger partial charge in [0.25, 0.3) is 5.91 Å². The van der Waals surface area contributed by atoms with Crippen molar-refractivity contribution >= 4 is 28.4 Å². The molecule has 0 heterocycles. The zero-order valence-electron chi connectivity index (χ0n) is 17.1. The summed E-state index contributed by atoms with van der Waals surface area (Å²) in [7, 11) is 1.47. The van der Waals surface area contributed by atoms with E-state index in [0.29, 0.717) is 16.7 Å². The number of rotatable bonds is 9. The Morgan fingerprint density at radius 3 is 2.39 bits per heavy atom. The van der Waals surface area contributed by atoms with Crippen LogP contribution in [0.2, 0.25) is 0 Å². The topological polar surface area (TPSA) is 84.5 Å². The van der Waals surface area contributed by atoms with Crippen LogP contribution in [0.5, 0.6) is 5.75 Å². The summed E-state index contributed by atoms with van der Waals surface area (Å²) in [6, 6.07) is 19.1. The number of carbonyl (C=O) groups is 3. The molecule has 31 heavy (non-hydrogen) atoms. The number of amides is 2. The molecule has 0 aliphatic heterocycles. The van der Waals surface area contributed by atoms with E-state index in [1.54, 1.807) is 12.1 Å². The van der Waals surface area contributed by atoms with Gasteiger partial charge in [0.1, 0.15) is 18.5 Å². The molecule has 0 radical (unpaired) electrons. The fraction of sp³-hybridized carbons (Fsp3) is 0.208. The van der Waals surface area contributed by atoms with Gasteiger partial charge in [-0.15, -0.1) is 0 Å². The first-order valence-electron chi connectivity index (χ1n) is 9.79. The minimum Gasteiger partial charge on any atom is -0.496 e. The molecule has 2 N–H and O–H groups in total. The molecule has 2 amide bonds. The predicted octanol–water partition coefficient (Wildman–Crippen LogP) is 2.84. The maximum atomic E-state index is 13.2. The minimum absolute atomic E-state index is 0.204. The number of carbonyl (C=O) groups excluding carboxylic acids is 3. The SMILES string of the molecule is COc1ccc2ccccc2c1C(=O)N[C@@H](Cc1ccccc1)C(=O)NCC(=O)CF. The summed E-state index contributed by atoms with van der Waals surface area (Å²) in [5.74, 6) is -1.42. The summed E-state index contributed by atoms with van der Waals surface area (Å²) in [6.45, 7) is -1.60. The number of ketones is 1. The lowest BCUT2D eigenvalue weighted by Crippen LogP contribution is -2.49. The number of hydrogen-bond donors (Lipinski definition) is 2. The zero-order valence-corrected chi connectivity index (χ0v) is 17.1. The second-order valence-corrected chi connectivity index (χ2v) is 6.97. The van der Waals surface area contributed by atoms with Crippen LogP contribution in [0, 0.1) is 0 Å². The third kappa shape index (κ3) is 5.45.